The first-order valence-electron chi connectivity index (χ1n) is 14.7. The van der Waals surface area contributed by atoms with Crippen molar-refractivity contribution in [1.82, 2.24) is 14.5 Å². The lowest BCUT2D eigenvalue weighted by molar-refractivity contribution is -0.143. The predicted molar refractivity (Wildman–Crippen MR) is 181 cm³/mol. The van der Waals surface area contributed by atoms with Crippen LogP contribution in [0.4, 0.5) is 13.2 Å². The van der Waals surface area contributed by atoms with Gasteiger partial charge < -0.3 is 13.9 Å². The van der Waals surface area contributed by atoms with Crippen molar-refractivity contribution < 1.29 is 31.9 Å². The predicted octanol–water partition coefficient (Wildman–Crippen LogP) is 7.18. The summed E-state index contributed by atoms with van der Waals surface area (Å²) in [5.74, 6) is 0.0968. The van der Waals surface area contributed by atoms with Crippen molar-refractivity contribution in [2.45, 2.75) is 49.3 Å². The Morgan fingerprint density at radius 2 is 1.86 bits per heavy atom. The number of methoxy groups -OCH3 is 1. The molecule has 0 N–H and O–H groups in total. The van der Waals surface area contributed by atoms with E-state index in [1.807, 2.05) is 0 Å². The Labute approximate surface area is 294 Å². The molecule has 49 heavy (non-hydrogen) atoms. The number of hydrogen-bond acceptors (Lipinski definition) is 10. The molecule has 1 atom stereocenters. The molecule has 1 aliphatic heterocycles. The lowest BCUT2D eigenvalue weighted by Gasteiger charge is -2.26. The maximum atomic E-state index is 14.1. The number of fused-ring (bicyclic) bond motifs is 1. The smallest absolute Gasteiger partial charge is 0.433 e. The highest BCUT2D eigenvalue weighted by molar-refractivity contribution is 9.10. The van der Waals surface area contributed by atoms with E-state index in [2.05, 4.69) is 30.9 Å². The van der Waals surface area contributed by atoms with Gasteiger partial charge in [-0.2, -0.15) is 13.2 Å². The van der Waals surface area contributed by atoms with Crippen molar-refractivity contribution in [1.29, 1.82) is 0 Å². The van der Waals surface area contributed by atoms with Gasteiger partial charge in [0, 0.05) is 21.7 Å². The number of benzene rings is 2. The largest absolute Gasteiger partial charge is 0.496 e. The molecule has 0 unspecified atom stereocenters. The molecule has 252 valence electrons. The second kappa shape index (κ2) is 13.8. The fourth-order valence-corrected chi connectivity index (χ4v) is 7.28. The molecule has 0 saturated carbocycles. The van der Waals surface area contributed by atoms with Crippen LogP contribution in [0.5, 0.6) is 5.75 Å². The van der Waals surface area contributed by atoms with Crippen LogP contribution in [-0.2, 0) is 15.7 Å². The van der Waals surface area contributed by atoms with Crippen LogP contribution >= 0.6 is 39.0 Å². The van der Waals surface area contributed by atoms with Crippen LogP contribution in [0.2, 0.25) is 0 Å². The number of furan rings is 1. The average Bonchev–Trinajstić information content (AvgIpc) is 3.62. The molecule has 0 amide bonds. The number of ether oxygens (including phenoxy) is 2. The third kappa shape index (κ3) is 7.28. The monoisotopic (exact) mass is 770 g/mol. The van der Waals surface area contributed by atoms with E-state index in [9.17, 15) is 22.8 Å². The zero-order valence-corrected chi connectivity index (χ0v) is 29.5. The summed E-state index contributed by atoms with van der Waals surface area (Å²) in [5.41, 5.74) is 0.207. The highest BCUT2D eigenvalue weighted by Gasteiger charge is 2.36. The first-order valence-corrected chi connectivity index (χ1v) is 17.1. The zero-order valence-electron chi connectivity index (χ0n) is 26.2. The van der Waals surface area contributed by atoms with E-state index in [0.717, 1.165) is 29.2 Å². The van der Waals surface area contributed by atoms with Crippen LogP contribution in [0.3, 0.4) is 0 Å². The Balaban J connectivity index is 1.40. The molecule has 5 aromatic rings. The van der Waals surface area contributed by atoms with Gasteiger partial charge in [-0.05, 0) is 68.9 Å². The maximum absolute atomic E-state index is 14.1. The Morgan fingerprint density at radius 3 is 2.55 bits per heavy atom. The number of carbonyl (C=O) groups excluding carboxylic acids is 1. The fourth-order valence-electron chi connectivity index (χ4n) is 5.13. The second-order valence-corrected chi connectivity index (χ2v) is 13.9. The van der Waals surface area contributed by atoms with Gasteiger partial charge in [-0.15, -0.1) is 0 Å². The van der Waals surface area contributed by atoms with Crippen LogP contribution in [-0.4, -0.2) is 33.7 Å². The Hall–Kier alpha value is -4.47. The molecule has 6 rings (SSSR count). The Bertz CT molecular complexity index is 2280. The van der Waals surface area contributed by atoms with Crippen LogP contribution in [0.25, 0.3) is 17.3 Å². The molecule has 0 bridgehead atoms. The maximum Gasteiger partial charge on any atom is 0.433 e. The van der Waals surface area contributed by atoms with Crippen LogP contribution in [0, 0.1) is 0 Å². The molecule has 9 nitrogen and oxygen atoms in total. The van der Waals surface area contributed by atoms with E-state index in [1.54, 1.807) is 81.4 Å². The standard InChI is InChI=1S/C34H26BrF3N4O5S2/c1-17(2)46-31(44)28-18(3)39-33-42(29(28)22-14-20(35)10-12-24(22)45-4)30(43)25(48-33)15-21-11-13-27(47-21)49-32-40-23(19-8-6-5-7-9-19)16-26(41-32)34(36,37)38/h5-17,29H,1-4H3/b25-15-/t29-/m1/s1. The van der Waals surface area contributed by atoms with Gasteiger partial charge in [-0.25, -0.2) is 19.8 Å². The summed E-state index contributed by atoms with van der Waals surface area (Å²) in [7, 11) is 1.50. The molecule has 0 spiro atoms. The molecule has 0 fully saturated rings. The van der Waals surface area contributed by atoms with Gasteiger partial charge in [0.25, 0.3) is 5.56 Å². The lowest BCUT2D eigenvalue weighted by Crippen LogP contribution is -2.40. The first kappa shape index (κ1) is 34.4. The summed E-state index contributed by atoms with van der Waals surface area (Å²) in [6.07, 6.45) is -3.59. The topological polar surface area (TPSA) is 109 Å². The molecular weight excluding hydrogens is 745 g/mol. The van der Waals surface area contributed by atoms with Crippen molar-refractivity contribution in [3.8, 4) is 17.0 Å². The van der Waals surface area contributed by atoms with Gasteiger partial charge >= 0.3 is 12.1 Å². The third-order valence-electron chi connectivity index (χ3n) is 7.20. The minimum Gasteiger partial charge on any atom is -0.496 e. The van der Waals surface area contributed by atoms with Crippen LogP contribution in [0.1, 0.15) is 43.8 Å². The Kier molecular flexibility index (Phi) is 9.69. The summed E-state index contributed by atoms with van der Waals surface area (Å²) in [6, 6.07) is 16.9. The molecule has 4 heterocycles. The number of halogens is 4. The highest BCUT2D eigenvalue weighted by Crippen LogP contribution is 2.38. The van der Waals surface area contributed by atoms with E-state index in [4.69, 9.17) is 13.9 Å². The van der Waals surface area contributed by atoms with Crippen LogP contribution in [0.15, 0.2) is 107 Å². The minimum absolute atomic E-state index is 0.113. The first-order chi connectivity index (χ1) is 23.3. The lowest BCUT2D eigenvalue weighted by atomic mass is 9.95. The fraction of sp³-hybridized carbons (Fsp3) is 0.206. The Morgan fingerprint density at radius 1 is 1.10 bits per heavy atom. The number of carbonyl (C=O) groups is 1. The number of esters is 1. The van der Waals surface area contributed by atoms with Crippen molar-refractivity contribution >= 4 is 51.1 Å². The number of aromatic nitrogens is 3. The van der Waals surface area contributed by atoms with E-state index in [-0.39, 0.29) is 31.8 Å². The second-order valence-electron chi connectivity index (χ2n) is 11.0. The molecule has 0 aliphatic carbocycles. The molecule has 0 radical (unpaired) electrons. The van der Waals surface area contributed by atoms with Crippen molar-refractivity contribution in [2.24, 2.45) is 4.99 Å². The van der Waals surface area contributed by atoms with Crippen molar-refractivity contribution in [3.05, 3.63) is 119 Å². The molecule has 3 aromatic heterocycles. The van der Waals surface area contributed by atoms with Gasteiger partial charge in [-0.3, -0.25) is 9.36 Å². The molecule has 15 heteroatoms. The third-order valence-corrected chi connectivity index (χ3v) is 9.47. The summed E-state index contributed by atoms with van der Waals surface area (Å²) in [5, 5.41) is 0.0527. The quantitative estimate of drug-likeness (QED) is 0.121. The SMILES string of the molecule is COc1ccc(Br)cc1[C@@H]1C(C(=O)OC(C)C)=C(C)N=c2s/c(=C\c3ccc(Sc4nc(-c5ccccc5)cc(C(F)(F)F)n4)o3)c(=O)n21. The number of rotatable bonds is 8. The van der Waals surface area contributed by atoms with E-state index in [0.29, 0.717) is 31.8 Å². The number of allylic oxidation sites excluding steroid dienone is 1. The molecule has 0 saturated heterocycles. The van der Waals surface area contributed by atoms with Gasteiger partial charge in [0.2, 0.25) is 0 Å². The summed E-state index contributed by atoms with van der Waals surface area (Å²) in [6.45, 7) is 5.14. The summed E-state index contributed by atoms with van der Waals surface area (Å²) in [4.78, 5) is 40.5. The van der Waals surface area contributed by atoms with Crippen molar-refractivity contribution in [3.63, 3.8) is 0 Å². The van der Waals surface area contributed by atoms with Gasteiger partial charge in [0.15, 0.2) is 15.1 Å². The van der Waals surface area contributed by atoms with E-state index < -0.39 is 35.5 Å². The van der Waals surface area contributed by atoms with Gasteiger partial charge in [0.05, 0.1) is 34.7 Å². The normalized spacial score (nSPS) is 15.0. The summed E-state index contributed by atoms with van der Waals surface area (Å²) >= 11 is 5.40. The van der Waals surface area contributed by atoms with Gasteiger partial charge in [-0.1, -0.05) is 57.6 Å². The van der Waals surface area contributed by atoms with Gasteiger partial charge in [0.1, 0.15) is 23.2 Å². The molecule has 2 aromatic carbocycles. The molecular formula is C34H26BrF3N4O5S2. The number of alkyl halides is 3. The minimum atomic E-state index is -4.69. The van der Waals surface area contributed by atoms with E-state index in [1.165, 1.54) is 17.8 Å². The average molecular weight is 772 g/mol. The van der Waals surface area contributed by atoms with Crippen LogP contribution < -0.4 is 19.6 Å². The number of hydrogen-bond donors (Lipinski definition) is 0. The number of nitrogens with zero attached hydrogens (tertiary/aromatic N) is 4. The van der Waals surface area contributed by atoms with Crippen molar-refractivity contribution in [2.75, 3.05) is 7.11 Å². The number of thiazole rings is 1. The zero-order chi connectivity index (χ0) is 35.0. The highest BCUT2D eigenvalue weighted by atomic mass is 79.9. The summed E-state index contributed by atoms with van der Waals surface area (Å²) < 4.78 is 60.6. The molecule has 1 aliphatic rings. The van der Waals surface area contributed by atoms with E-state index >= 15 is 0 Å².